The minimum atomic E-state index is -0.650. The number of nitrogens with one attached hydrogen (secondary N) is 2. The number of rotatable bonds is 5. The lowest BCUT2D eigenvalue weighted by atomic mass is 10.1. The van der Waals surface area contributed by atoms with E-state index < -0.39 is 17.8 Å². The molecule has 1 aliphatic heterocycles. The van der Waals surface area contributed by atoms with Gasteiger partial charge in [0.15, 0.2) is 16.6 Å². The number of halogens is 1. The summed E-state index contributed by atoms with van der Waals surface area (Å²) in [5.74, 6) is -1.20. The Kier molecular flexibility index (Phi) is 6.34. The van der Waals surface area contributed by atoms with Gasteiger partial charge in [0.1, 0.15) is 11.3 Å². The Morgan fingerprint density at radius 2 is 1.67 bits per heavy atom. The van der Waals surface area contributed by atoms with Gasteiger partial charge in [0.2, 0.25) is 0 Å². The maximum absolute atomic E-state index is 12.4. The van der Waals surface area contributed by atoms with Gasteiger partial charge in [-0.2, -0.15) is 0 Å². The molecule has 154 valence electrons. The highest BCUT2D eigenvalue weighted by Gasteiger charge is 2.26. The van der Waals surface area contributed by atoms with Crippen molar-refractivity contribution < 1.29 is 28.6 Å². The van der Waals surface area contributed by atoms with E-state index >= 15 is 0 Å². The quantitative estimate of drug-likeness (QED) is 0.239. The molecule has 2 aromatic carbocycles. The third kappa shape index (κ3) is 4.58. The highest BCUT2D eigenvalue weighted by atomic mass is 35.5. The molecule has 2 N–H and O–H groups in total. The maximum Gasteiger partial charge on any atom is 0.343 e. The second-order valence-electron chi connectivity index (χ2n) is 5.95. The lowest BCUT2D eigenvalue weighted by Crippen LogP contribution is -2.51. The normalized spacial score (nSPS) is 13.3. The van der Waals surface area contributed by atoms with E-state index in [1.165, 1.54) is 32.4 Å². The summed E-state index contributed by atoms with van der Waals surface area (Å²) >= 11 is 11.0. The van der Waals surface area contributed by atoms with Crippen LogP contribution < -0.4 is 24.8 Å². The first-order valence-corrected chi connectivity index (χ1v) is 9.23. The fourth-order valence-electron chi connectivity index (χ4n) is 2.57. The molecule has 0 atom stereocenters. The molecule has 0 aromatic heterocycles. The second-order valence-corrected chi connectivity index (χ2v) is 6.76. The summed E-state index contributed by atoms with van der Waals surface area (Å²) in [6.45, 7) is 0. The summed E-state index contributed by atoms with van der Waals surface area (Å²) in [7, 11) is 2.88. The number of benzene rings is 2. The van der Waals surface area contributed by atoms with E-state index in [2.05, 4.69) is 10.6 Å². The smallest absolute Gasteiger partial charge is 0.343 e. The molecule has 0 aliphatic carbocycles. The minimum Gasteiger partial charge on any atom is -0.497 e. The Balaban J connectivity index is 1.89. The number of methoxy groups -OCH3 is 2. The Labute approximate surface area is 181 Å². The lowest BCUT2D eigenvalue weighted by molar-refractivity contribution is -0.123. The van der Waals surface area contributed by atoms with Gasteiger partial charge in [0.25, 0.3) is 11.8 Å². The third-order valence-corrected chi connectivity index (χ3v) is 4.51. The maximum atomic E-state index is 12.4. The van der Waals surface area contributed by atoms with Gasteiger partial charge in [0.05, 0.1) is 24.8 Å². The fraction of sp³-hybridized carbons (Fsp3) is 0.100. The monoisotopic (exact) mass is 446 g/mol. The summed E-state index contributed by atoms with van der Waals surface area (Å²) in [5.41, 5.74) is 0.505. The van der Waals surface area contributed by atoms with E-state index in [4.69, 9.17) is 38.0 Å². The van der Waals surface area contributed by atoms with E-state index in [0.717, 1.165) is 0 Å². The van der Waals surface area contributed by atoms with Gasteiger partial charge in [-0.3, -0.25) is 20.2 Å². The van der Waals surface area contributed by atoms with Gasteiger partial charge in [-0.15, -0.1) is 0 Å². The standard InChI is InChI=1S/C20H15ClN2O6S/c1-27-12-5-3-11(4-6-12)19(26)29-16-14(21)8-10(9-15(16)28-2)7-13-17(24)22-20(30)23-18(13)25/h3-9H,1-2H3,(H2,22,23,24,25,30). The van der Waals surface area contributed by atoms with Crippen LogP contribution in [0.4, 0.5) is 0 Å². The van der Waals surface area contributed by atoms with Crippen LogP contribution in [0.3, 0.4) is 0 Å². The van der Waals surface area contributed by atoms with Gasteiger partial charge in [0, 0.05) is 0 Å². The number of carbonyl (C=O) groups excluding carboxylic acids is 3. The third-order valence-electron chi connectivity index (χ3n) is 4.03. The van der Waals surface area contributed by atoms with Gasteiger partial charge in [-0.25, -0.2) is 4.79 Å². The molecule has 0 unspecified atom stereocenters. The van der Waals surface area contributed by atoms with Gasteiger partial charge >= 0.3 is 5.97 Å². The number of thiocarbonyl (C=S) groups is 1. The number of amides is 2. The predicted molar refractivity (Wildman–Crippen MR) is 113 cm³/mol. The van der Waals surface area contributed by atoms with Crippen LogP contribution in [0.2, 0.25) is 5.02 Å². The van der Waals surface area contributed by atoms with Crippen LogP contribution in [0.25, 0.3) is 6.08 Å². The Hall–Kier alpha value is -3.43. The first-order chi connectivity index (χ1) is 14.3. The van der Waals surface area contributed by atoms with Crippen molar-refractivity contribution in [3.05, 3.63) is 58.1 Å². The lowest BCUT2D eigenvalue weighted by Gasteiger charge is -2.17. The molecule has 0 bridgehead atoms. The summed E-state index contributed by atoms with van der Waals surface area (Å²) in [6.07, 6.45) is 1.32. The molecule has 1 saturated heterocycles. The molecule has 2 amide bonds. The molecule has 1 heterocycles. The predicted octanol–water partition coefficient (Wildman–Crippen LogP) is 2.49. The van der Waals surface area contributed by atoms with Crippen molar-refractivity contribution in [1.82, 2.24) is 10.6 Å². The average molecular weight is 447 g/mol. The highest BCUT2D eigenvalue weighted by molar-refractivity contribution is 7.80. The molecule has 2 aromatic rings. The van der Waals surface area contributed by atoms with Gasteiger partial charge in [-0.1, -0.05) is 11.6 Å². The largest absolute Gasteiger partial charge is 0.497 e. The number of hydrogen-bond donors (Lipinski definition) is 2. The molecule has 3 rings (SSSR count). The van der Waals surface area contributed by atoms with Crippen LogP contribution in [-0.4, -0.2) is 37.1 Å². The van der Waals surface area contributed by atoms with E-state index in [0.29, 0.717) is 11.3 Å². The van der Waals surface area contributed by atoms with Crippen LogP contribution in [0.1, 0.15) is 15.9 Å². The summed E-state index contributed by atoms with van der Waals surface area (Å²) in [5, 5.41) is 4.65. The van der Waals surface area contributed by atoms with Crippen LogP contribution in [0, 0.1) is 0 Å². The summed E-state index contributed by atoms with van der Waals surface area (Å²) < 4.78 is 15.7. The molecule has 30 heavy (non-hydrogen) atoms. The van der Waals surface area contributed by atoms with Crippen molar-refractivity contribution in [2.24, 2.45) is 0 Å². The molecule has 0 spiro atoms. The number of hydrogen-bond acceptors (Lipinski definition) is 7. The number of carbonyl (C=O) groups is 3. The molecule has 0 radical (unpaired) electrons. The summed E-state index contributed by atoms with van der Waals surface area (Å²) in [6, 6.07) is 9.24. The zero-order valence-electron chi connectivity index (χ0n) is 15.8. The van der Waals surface area contributed by atoms with Crippen LogP contribution in [0.15, 0.2) is 42.0 Å². The van der Waals surface area contributed by atoms with Crippen molar-refractivity contribution in [2.75, 3.05) is 14.2 Å². The van der Waals surface area contributed by atoms with E-state index in [9.17, 15) is 14.4 Å². The van der Waals surface area contributed by atoms with E-state index in [1.54, 1.807) is 24.3 Å². The molecule has 8 nitrogen and oxygen atoms in total. The molecular formula is C20H15ClN2O6S. The van der Waals surface area contributed by atoms with Crippen molar-refractivity contribution in [2.45, 2.75) is 0 Å². The van der Waals surface area contributed by atoms with Crippen molar-refractivity contribution >= 4 is 52.8 Å². The van der Waals surface area contributed by atoms with Crippen LogP contribution >= 0.6 is 23.8 Å². The van der Waals surface area contributed by atoms with E-state index in [-0.39, 0.29) is 32.8 Å². The van der Waals surface area contributed by atoms with Crippen LogP contribution in [-0.2, 0) is 9.59 Å². The first kappa shape index (κ1) is 21.3. The minimum absolute atomic E-state index is 0.000796. The molecule has 1 fully saturated rings. The molecular weight excluding hydrogens is 432 g/mol. The average Bonchev–Trinajstić information content (AvgIpc) is 2.72. The van der Waals surface area contributed by atoms with Crippen LogP contribution in [0.5, 0.6) is 17.2 Å². The Morgan fingerprint density at radius 3 is 2.23 bits per heavy atom. The van der Waals surface area contributed by atoms with Crippen molar-refractivity contribution in [1.29, 1.82) is 0 Å². The topological polar surface area (TPSA) is 103 Å². The molecule has 1 aliphatic rings. The number of ether oxygens (including phenoxy) is 3. The molecule has 10 heteroatoms. The first-order valence-electron chi connectivity index (χ1n) is 8.44. The second kappa shape index (κ2) is 8.93. The van der Waals surface area contributed by atoms with Crippen molar-refractivity contribution in [3.63, 3.8) is 0 Å². The van der Waals surface area contributed by atoms with Gasteiger partial charge < -0.3 is 14.2 Å². The fourth-order valence-corrected chi connectivity index (χ4v) is 3.02. The highest BCUT2D eigenvalue weighted by Crippen LogP contribution is 2.37. The Morgan fingerprint density at radius 1 is 1.03 bits per heavy atom. The Bertz CT molecular complexity index is 1060. The molecule has 0 saturated carbocycles. The summed E-state index contributed by atoms with van der Waals surface area (Å²) in [4.78, 5) is 36.5. The van der Waals surface area contributed by atoms with Crippen molar-refractivity contribution in [3.8, 4) is 17.2 Å². The zero-order valence-corrected chi connectivity index (χ0v) is 17.3. The zero-order chi connectivity index (χ0) is 21.8. The number of esters is 1. The van der Waals surface area contributed by atoms with E-state index in [1.807, 2.05) is 0 Å². The SMILES string of the molecule is COc1ccc(C(=O)Oc2c(Cl)cc(C=C3C(=O)NC(=S)NC3=O)cc2OC)cc1. The van der Waals surface area contributed by atoms with Gasteiger partial charge in [-0.05, 0) is 60.3 Å².